The highest BCUT2D eigenvalue weighted by Crippen LogP contribution is 2.22. The predicted octanol–water partition coefficient (Wildman–Crippen LogP) is 2.56. The van der Waals surface area contributed by atoms with E-state index in [1.807, 2.05) is 30.3 Å². The fourth-order valence-corrected chi connectivity index (χ4v) is 3.36. The topological polar surface area (TPSA) is 105 Å². The van der Waals surface area contributed by atoms with Crippen LogP contribution in [0, 0.1) is 0 Å². The van der Waals surface area contributed by atoms with Gasteiger partial charge in [-0.2, -0.15) is 0 Å². The van der Waals surface area contributed by atoms with Gasteiger partial charge in [-0.25, -0.2) is 12.7 Å². The maximum Gasteiger partial charge on any atom is 0.322 e. The molecule has 0 aliphatic carbocycles. The molecule has 1 aromatic heterocycles. The number of amides is 1. The molecule has 0 saturated carbocycles. The molecule has 0 fully saturated rings. The van der Waals surface area contributed by atoms with Crippen LogP contribution in [0.25, 0.3) is 11.5 Å². The number of aryl methyl sites for hydroxylation is 1. The molecule has 0 bridgehead atoms. The van der Waals surface area contributed by atoms with Crippen LogP contribution < -0.4 is 5.32 Å². The molecule has 0 aliphatic rings. The molecule has 9 heteroatoms. The number of benzene rings is 2. The average Bonchev–Trinajstić information content (AvgIpc) is 3.15. The third kappa shape index (κ3) is 4.62. The average molecular weight is 400 g/mol. The van der Waals surface area contributed by atoms with Crippen molar-refractivity contribution in [2.75, 3.05) is 19.4 Å². The zero-order chi connectivity index (χ0) is 20.1. The second-order valence-corrected chi connectivity index (χ2v) is 8.41. The summed E-state index contributed by atoms with van der Waals surface area (Å²) in [5, 5.41) is 10.3. The molecule has 0 aliphatic heterocycles. The molecule has 1 N–H and O–H groups in total. The summed E-state index contributed by atoms with van der Waals surface area (Å²) in [5.74, 6) is -0.0429. The fourth-order valence-electron chi connectivity index (χ4n) is 2.46. The molecular weight excluding hydrogens is 380 g/mol. The number of hydrogen-bond donors (Lipinski definition) is 1. The van der Waals surface area contributed by atoms with Crippen molar-refractivity contribution < 1.29 is 17.6 Å². The molecule has 0 atom stereocenters. The molecule has 0 saturated heterocycles. The quantitative estimate of drug-likeness (QED) is 0.653. The zero-order valence-corrected chi connectivity index (χ0v) is 16.3. The highest BCUT2D eigenvalue weighted by atomic mass is 32.2. The van der Waals surface area contributed by atoms with Crippen molar-refractivity contribution in [2.24, 2.45) is 0 Å². The van der Waals surface area contributed by atoms with Crippen molar-refractivity contribution >= 4 is 21.9 Å². The van der Waals surface area contributed by atoms with Crippen LogP contribution in [0.2, 0.25) is 0 Å². The van der Waals surface area contributed by atoms with Crippen molar-refractivity contribution in [2.45, 2.75) is 17.7 Å². The molecule has 3 rings (SSSR count). The molecule has 3 aromatic rings. The molecule has 8 nitrogen and oxygen atoms in total. The number of aromatic nitrogens is 2. The van der Waals surface area contributed by atoms with Crippen LogP contribution in [-0.4, -0.2) is 42.9 Å². The Hall–Kier alpha value is -3.04. The second-order valence-electron chi connectivity index (χ2n) is 6.26. The van der Waals surface area contributed by atoms with Gasteiger partial charge >= 0.3 is 6.01 Å². The minimum absolute atomic E-state index is 0.00180. The molecule has 146 valence electrons. The molecule has 1 amide bonds. The van der Waals surface area contributed by atoms with Crippen LogP contribution in [0.1, 0.15) is 12.0 Å². The Morgan fingerprint density at radius 1 is 1.04 bits per heavy atom. The lowest BCUT2D eigenvalue weighted by Gasteiger charge is -2.11. The second kappa shape index (κ2) is 8.32. The highest BCUT2D eigenvalue weighted by Gasteiger charge is 2.18. The lowest BCUT2D eigenvalue weighted by atomic mass is 10.1. The van der Waals surface area contributed by atoms with Crippen molar-refractivity contribution in [3.8, 4) is 11.5 Å². The summed E-state index contributed by atoms with van der Waals surface area (Å²) in [6, 6.07) is 15.8. The van der Waals surface area contributed by atoms with E-state index >= 15 is 0 Å². The standard InChI is InChI=1S/C19H20N4O4S/c1-23(2)28(25,26)16-11-9-15(10-12-16)18-21-22-19(27-18)20-17(24)13-8-14-6-4-3-5-7-14/h3-7,9-12H,8,13H2,1-2H3,(H,20,22,24). The highest BCUT2D eigenvalue weighted by molar-refractivity contribution is 7.89. The smallest absolute Gasteiger partial charge is 0.322 e. The summed E-state index contributed by atoms with van der Waals surface area (Å²) in [5.41, 5.74) is 1.62. The third-order valence-electron chi connectivity index (χ3n) is 4.03. The van der Waals surface area contributed by atoms with E-state index in [2.05, 4.69) is 15.5 Å². The summed E-state index contributed by atoms with van der Waals surface area (Å²) < 4.78 is 30.8. The van der Waals surface area contributed by atoms with E-state index in [-0.39, 0.29) is 22.7 Å². The van der Waals surface area contributed by atoms with Gasteiger partial charge in [0.2, 0.25) is 21.8 Å². The van der Waals surface area contributed by atoms with Crippen LogP contribution in [0.5, 0.6) is 0 Å². The molecule has 1 heterocycles. The van der Waals surface area contributed by atoms with E-state index < -0.39 is 10.0 Å². The van der Waals surface area contributed by atoms with Gasteiger partial charge in [0.1, 0.15) is 0 Å². The third-order valence-corrected chi connectivity index (χ3v) is 5.86. The van der Waals surface area contributed by atoms with Gasteiger partial charge in [0.25, 0.3) is 0 Å². The number of carbonyl (C=O) groups excluding carboxylic acids is 1. The van der Waals surface area contributed by atoms with Crippen LogP contribution in [0.4, 0.5) is 6.01 Å². The fraction of sp³-hybridized carbons (Fsp3) is 0.211. The number of sulfonamides is 1. The summed E-state index contributed by atoms with van der Waals surface area (Å²) >= 11 is 0. The van der Waals surface area contributed by atoms with Gasteiger partial charge in [0.05, 0.1) is 4.90 Å². The van der Waals surface area contributed by atoms with E-state index in [0.29, 0.717) is 18.4 Å². The van der Waals surface area contributed by atoms with Crippen molar-refractivity contribution in [1.29, 1.82) is 0 Å². The first kappa shape index (κ1) is 19.7. The number of rotatable bonds is 7. The predicted molar refractivity (Wildman–Crippen MR) is 104 cm³/mol. The minimum Gasteiger partial charge on any atom is -0.403 e. The van der Waals surface area contributed by atoms with E-state index in [0.717, 1.165) is 9.87 Å². The number of anilines is 1. The van der Waals surface area contributed by atoms with Crippen molar-refractivity contribution in [3.63, 3.8) is 0 Å². The van der Waals surface area contributed by atoms with Gasteiger partial charge in [0, 0.05) is 26.1 Å². The molecule has 28 heavy (non-hydrogen) atoms. The lowest BCUT2D eigenvalue weighted by Crippen LogP contribution is -2.22. The Morgan fingerprint density at radius 2 is 1.71 bits per heavy atom. The van der Waals surface area contributed by atoms with Crippen LogP contribution in [0.15, 0.2) is 63.9 Å². The Morgan fingerprint density at radius 3 is 2.36 bits per heavy atom. The normalized spacial score (nSPS) is 11.5. The zero-order valence-electron chi connectivity index (χ0n) is 15.5. The largest absolute Gasteiger partial charge is 0.403 e. The summed E-state index contributed by atoms with van der Waals surface area (Å²) in [7, 11) is -0.574. The Bertz CT molecular complexity index is 1050. The van der Waals surface area contributed by atoms with E-state index in [1.165, 1.54) is 26.2 Å². The maximum absolute atomic E-state index is 12.1. The SMILES string of the molecule is CN(C)S(=O)(=O)c1ccc(-c2nnc(NC(=O)CCc3ccccc3)o2)cc1. The Kier molecular flexibility index (Phi) is 5.86. The molecular formula is C19H20N4O4S. The van der Waals surface area contributed by atoms with Gasteiger partial charge in [-0.05, 0) is 36.2 Å². The van der Waals surface area contributed by atoms with Crippen molar-refractivity contribution in [3.05, 3.63) is 60.2 Å². The van der Waals surface area contributed by atoms with Gasteiger partial charge in [0.15, 0.2) is 0 Å². The van der Waals surface area contributed by atoms with Crippen LogP contribution >= 0.6 is 0 Å². The van der Waals surface area contributed by atoms with E-state index in [1.54, 1.807) is 12.1 Å². The summed E-state index contributed by atoms with van der Waals surface area (Å²) in [4.78, 5) is 12.2. The molecule has 0 radical (unpaired) electrons. The van der Waals surface area contributed by atoms with Gasteiger partial charge in [-0.3, -0.25) is 10.1 Å². The van der Waals surface area contributed by atoms with Gasteiger partial charge in [-0.15, -0.1) is 5.10 Å². The first-order valence-electron chi connectivity index (χ1n) is 8.56. The summed E-state index contributed by atoms with van der Waals surface area (Å²) in [6.07, 6.45) is 0.897. The molecule has 0 unspecified atom stereocenters. The molecule has 0 spiro atoms. The first-order valence-corrected chi connectivity index (χ1v) is 10.0. The first-order chi connectivity index (χ1) is 13.4. The lowest BCUT2D eigenvalue weighted by molar-refractivity contribution is -0.116. The van der Waals surface area contributed by atoms with E-state index in [9.17, 15) is 13.2 Å². The minimum atomic E-state index is -3.51. The monoisotopic (exact) mass is 400 g/mol. The van der Waals surface area contributed by atoms with Crippen LogP contribution in [-0.2, 0) is 21.2 Å². The van der Waals surface area contributed by atoms with Crippen LogP contribution in [0.3, 0.4) is 0 Å². The maximum atomic E-state index is 12.1. The van der Waals surface area contributed by atoms with Crippen molar-refractivity contribution in [1.82, 2.24) is 14.5 Å². The van der Waals surface area contributed by atoms with Gasteiger partial charge < -0.3 is 4.42 Å². The Labute approximate surface area is 163 Å². The van der Waals surface area contributed by atoms with E-state index in [4.69, 9.17) is 4.42 Å². The molecule has 2 aromatic carbocycles. The summed E-state index contributed by atoms with van der Waals surface area (Å²) in [6.45, 7) is 0. The number of carbonyl (C=O) groups is 1. The number of hydrogen-bond acceptors (Lipinski definition) is 6. The number of nitrogens with one attached hydrogen (secondary N) is 1. The van der Waals surface area contributed by atoms with Gasteiger partial charge in [-0.1, -0.05) is 35.4 Å². The number of nitrogens with zero attached hydrogens (tertiary/aromatic N) is 3. The Balaban J connectivity index is 1.63.